The van der Waals surface area contributed by atoms with Crippen molar-refractivity contribution in [2.75, 3.05) is 6.54 Å². The van der Waals surface area contributed by atoms with Crippen LogP contribution in [0.4, 0.5) is 13.2 Å². The predicted octanol–water partition coefficient (Wildman–Crippen LogP) is 3.11. The van der Waals surface area contributed by atoms with Gasteiger partial charge in [-0.25, -0.2) is 0 Å². The number of amides is 1. The average molecular weight is 302 g/mol. The number of carbonyl (C=O) groups is 1. The van der Waals surface area contributed by atoms with E-state index in [1.165, 1.54) is 0 Å². The molecule has 0 saturated carbocycles. The fourth-order valence-electron chi connectivity index (χ4n) is 0.839. The molecule has 1 heterocycles. The van der Waals surface area contributed by atoms with Crippen LogP contribution >= 0.6 is 27.3 Å². The van der Waals surface area contributed by atoms with Crippen LogP contribution in [-0.4, -0.2) is 18.6 Å². The van der Waals surface area contributed by atoms with Gasteiger partial charge in [0.2, 0.25) is 0 Å². The minimum Gasteiger partial charge on any atom is -0.342 e. The van der Waals surface area contributed by atoms with Gasteiger partial charge in [0, 0.05) is 0 Å². The quantitative estimate of drug-likeness (QED) is 0.893. The Labute approximate surface area is 96.6 Å². The van der Waals surface area contributed by atoms with Gasteiger partial charge in [0.1, 0.15) is 6.54 Å². The molecule has 0 radical (unpaired) electrons. The van der Waals surface area contributed by atoms with Gasteiger partial charge in [-0.05, 0) is 34.5 Å². The Morgan fingerprint density at radius 2 is 2.20 bits per heavy atom. The molecule has 0 unspecified atom stereocenters. The van der Waals surface area contributed by atoms with Gasteiger partial charge < -0.3 is 5.32 Å². The molecule has 1 amide bonds. The molecular formula is C8H7BrF3NOS. The summed E-state index contributed by atoms with van der Waals surface area (Å²) in [5.74, 6) is -0.703. The van der Waals surface area contributed by atoms with E-state index in [1.54, 1.807) is 18.3 Å². The zero-order valence-corrected chi connectivity index (χ0v) is 10.0. The Hall–Kier alpha value is -0.560. The molecule has 1 N–H and O–H groups in total. The van der Waals surface area contributed by atoms with Crippen LogP contribution in [0.1, 0.15) is 15.2 Å². The first-order valence-corrected chi connectivity index (χ1v) is 5.51. The summed E-state index contributed by atoms with van der Waals surface area (Å²) < 4.78 is 36.1. The first-order valence-electron chi connectivity index (χ1n) is 3.90. The molecular weight excluding hydrogens is 295 g/mol. The molecule has 15 heavy (non-hydrogen) atoms. The highest BCUT2D eigenvalue weighted by molar-refractivity contribution is 9.11. The largest absolute Gasteiger partial charge is 0.405 e. The van der Waals surface area contributed by atoms with Crippen molar-refractivity contribution in [1.82, 2.24) is 5.32 Å². The van der Waals surface area contributed by atoms with E-state index >= 15 is 0 Å². The van der Waals surface area contributed by atoms with E-state index in [2.05, 4.69) is 15.9 Å². The lowest BCUT2D eigenvalue weighted by atomic mass is 10.3. The molecule has 1 aromatic heterocycles. The summed E-state index contributed by atoms with van der Waals surface area (Å²) in [5, 5.41) is 1.81. The third kappa shape index (κ3) is 3.83. The van der Waals surface area contributed by atoms with Crippen LogP contribution in [0.2, 0.25) is 0 Å². The van der Waals surface area contributed by atoms with E-state index in [1.807, 2.05) is 0 Å². The van der Waals surface area contributed by atoms with E-state index < -0.39 is 18.6 Å². The highest BCUT2D eigenvalue weighted by atomic mass is 79.9. The summed E-state index contributed by atoms with van der Waals surface area (Å²) >= 11 is 4.30. The van der Waals surface area contributed by atoms with Crippen LogP contribution < -0.4 is 5.32 Å². The lowest BCUT2D eigenvalue weighted by Gasteiger charge is -2.06. The number of hydrogen-bond acceptors (Lipinski definition) is 2. The van der Waals surface area contributed by atoms with Gasteiger partial charge in [0.05, 0.1) is 8.66 Å². The van der Waals surface area contributed by atoms with E-state index in [0.29, 0.717) is 0 Å². The van der Waals surface area contributed by atoms with Crippen molar-refractivity contribution >= 4 is 33.2 Å². The Morgan fingerprint density at radius 1 is 1.60 bits per heavy atom. The molecule has 1 rings (SSSR count). The van der Waals surface area contributed by atoms with Gasteiger partial charge in [-0.2, -0.15) is 13.2 Å². The maximum Gasteiger partial charge on any atom is 0.405 e. The second-order valence-electron chi connectivity index (χ2n) is 2.87. The predicted molar refractivity (Wildman–Crippen MR) is 55.1 cm³/mol. The summed E-state index contributed by atoms with van der Waals surface area (Å²) in [4.78, 5) is 11.5. The van der Waals surface area contributed by atoms with Crippen molar-refractivity contribution in [2.24, 2.45) is 0 Å². The summed E-state index contributed by atoms with van der Waals surface area (Å²) in [6, 6.07) is 1.54. The van der Waals surface area contributed by atoms with E-state index in [-0.39, 0.29) is 4.88 Å². The van der Waals surface area contributed by atoms with Crippen LogP contribution in [0, 0.1) is 6.92 Å². The molecule has 2 nitrogen and oxygen atoms in total. The number of rotatable bonds is 2. The molecule has 84 valence electrons. The monoisotopic (exact) mass is 301 g/mol. The fourth-order valence-corrected chi connectivity index (χ4v) is 2.29. The Bertz CT molecular complexity index is 355. The number of carbonyl (C=O) groups excluding carboxylic acids is 1. The normalized spacial score (nSPS) is 11.5. The zero-order chi connectivity index (χ0) is 11.6. The lowest BCUT2D eigenvalue weighted by Crippen LogP contribution is -2.33. The number of hydrogen-bond donors (Lipinski definition) is 1. The summed E-state index contributed by atoms with van der Waals surface area (Å²) in [7, 11) is 0. The number of thiophene rings is 1. The summed E-state index contributed by atoms with van der Waals surface area (Å²) in [6.45, 7) is 0.460. The van der Waals surface area contributed by atoms with Crippen molar-refractivity contribution in [2.45, 2.75) is 13.1 Å². The van der Waals surface area contributed by atoms with Gasteiger partial charge in [-0.1, -0.05) is 0 Å². The van der Waals surface area contributed by atoms with E-state index in [4.69, 9.17) is 0 Å². The lowest BCUT2D eigenvalue weighted by molar-refractivity contribution is -0.123. The van der Waals surface area contributed by atoms with Crippen molar-refractivity contribution < 1.29 is 18.0 Å². The number of alkyl halides is 3. The van der Waals surface area contributed by atoms with Gasteiger partial charge in [0.25, 0.3) is 5.91 Å². The van der Waals surface area contributed by atoms with E-state index in [0.717, 1.165) is 20.7 Å². The highest BCUT2D eigenvalue weighted by Crippen LogP contribution is 2.27. The standard InChI is InChI=1S/C8H7BrF3NOS/c1-4-2-5(15-6(4)9)7(14)13-3-8(10,11)12/h2H,3H2,1H3,(H,13,14). The van der Waals surface area contributed by atoms with E-state index in [9.17, 15) is 18.0 Å². The molecule has 0 saturated heterocycles. The van der Waals surface area contributed by atoms with Gasteiger partial charge in [-0.3, -0.25) is 4.79 Å². The third-order valence-corrected chi connectivity index (χ3v) is 3.67. The molecule has 0 bridgehead atoms. The molecule has 0 spiro atoms. The van der Waals surface area contributed by atoms with Crippen LogP contribution in [0.3, 0.4) is 0 Å². The molecule has 0 atom stereocenters. The zero-order valence-electron chi connectivity index (χ0n) is 7.61. The SMILES string of the molecule is Cc1cc(C(=O)NCC(F)(F)F)sc1Br. The maximum atomic E-state index is 11.8. The fraction of sp³-hybridized carbons (Fsp3) is 0.375. The molecule has 0 aliphatic rings. The van der Waals surface area contributed by atoms with Gasteiger partial charge >= 0.3 is 6.18 Å². The number of nitrogens with one attached hydrogen (secondary N) is 1. The molecule has 0 aliphatic carbocycles. The van der Waals surface area contributed by atoms with Crippen LogP contribution in [0.15, 0.2) is 9.85 Å². The summed E-state index contributed by atoms with van der Waals surface area (Å²) in [5.41, 5.74) is 0.831. The third-order valence-electron chi connectivity index (χ3n) is 1.53. The molecule has 7 heteroatoms. The van der Waals surface area contributed by atoms with Gasteiger partial charge in [-0.15, -0.1) is 11.3 Å². The van der Waals surface area contributed by atoms with Crippen molar-refractivity contribution in [3.63, 3.8) is 0 Å². The van der Waals surface area contributed by atoms with Crippen LogP contribution in [0.25, 0.3) is 0 Å². The number of aryl methyl sites for hydroxylation is 1. The van der Waals surface area contributed by atoms with Crippen molar-refractivity contribution in [3.05, 3.63) is 20.3 Å². The number of halogens is 4. The topological polar surface area (TPSA) is 29.1 Å². The second-order valence-corrected chi connectivity index (χ2v) is 5.24. The van der Waals surface area contributed by atoms with Crippen molar-refractivity contribution in [3.8, 4) is 0 Å². The summed E-state index contributed by atoms with van der Waals surface area (Å²) in [6.07, 6.45) is -4.38. The minimum atomic E-state index is -4.38. The Kier molecular flexibility index (Phi) is 3.77. The van der Waals surface area contributed by atoms with Crippen LogP contribution in [0.5, 0.6) is 0 Å². The first-order chi connectivity index (χ1) is 6.79. The molecule has 0 aliphatic heterocycles. The maximum absolute atomic E-state index is 11.8. The smallest absolute Gasteiger partial charge is 0.342 e. The van der Waals surface area contributed by atoms with Crippen molar-refractivity contribution in [1.29, 1.82) is 0 Å². The Morgan fingerprint density at radius 3 is 2.60 bits per heavy atom. The van der Waals surface area contributed by atoms with Crippen LogP contribution in [-0.2, 0) is 0 Å². The molecule has 0 aromatic carbocycles. The molecule has 1 aromatic rings. The minimum absolute atomic E-state index is 0.267. The first kappa shape index (κ1) is 12.5. The second kappa shape index (κ2) is 4.52. The highest BCUT2D eigenvalue weighted by Gasteiger charge is 2.28. The van der Waals surface area contributed by atoms with Gasteiger partial charge in [0.15, 0.2) is 0 Å². The molecule has 0 fully saturated rings. The average Bonchev–Trinajstić information content (AvgIpc) is 2.42. The Balaban J connectivity index is 2.62.